The van der Waals surface area contributed by atoms with Crippen molar-refractivity contribution >= 4 is 35.1 Å². The Morgan fingerprint density at radius 3 is 2.63 bits per heavy atom. The zero-order valence-electron chi connectivity index (χ0n) is 10.4. The number of aliphatic imine (C=N–C) groups is 1. The van der Waals surface area contributed by atoms with Gasteiger partial charge in [0.2, 0.25) is 0 Å². The molecule has 0 saturated heterocycles. The molecule has 2 aromatic carbocycles. The van der Waals surface area contributed by atoms with Gasteiger partial charge in [0.25, 0.3) is 0 Å². The lowest BCUT2D eigenvalue weighted by Crippen LogP contribution is -1.95. The molecule has 19 heavy (non-hydrogen) atoms. The summed E-state index contributed by atoms with van der Waals surface area (Å²) in [5.74, 6) is 0.814. The number of para-hydroxylation sites is 1. The first-order valence-electron chi connectivity index (χ1n) is 5.91. The third-order valence-corrected chi connectivity index (χ3v) is 3.21. The molecule has 0 spiro atoms. The molecule has 0 saturated carbocycles. The van der Waals surface area contributed by atoms with E-state index in [1.54, 1.807) is 18.3 Å². The van der Waals surface area contributed by atoms with Crippen LogP contribution in [0.5, 0.6) is 5.75 Å². The van der Waals surface area contributed by atoms with Crippen LogP contribution in [0.2, 0.25) is 10.0 Å². The first-order chi connectivity index (χ1) is 9.20. The number of nitrogens with zero attached hydrogens (tertiary/aromatic N) is 1. The van der Waals surface area contributed by atoms with Crippen molar-refractivity contribution in [3.63, 3.8) is 0 Å². The standard InChI is InChI=1S/C15H13Cl2NO/c1-2-19-15-6-4-3-5-11(15)10-18-12-7-8-13(16)14(17)9-12/h3-10H,2H2,1H3. The van der Waals surface area contributed by atoms with Crippen LogP contribution in [0.25, 0.3) is 0 Å². The molecule has 2 nitrogen and oxygen atoms in total. The zero-order valence-corrected chi connectivity index (χ0v) is 11.9. The van der Waals surface area contributed by atoms with Gasteiger partial charge in [-0.3, -0.25) is 4.99 Å². The fourth-order valence-corrected chi connectivity index (χ4v) is 1.88. The highest BCUT2D eigenvalue weighted by atomic mass is 35.5. The van der Waals surface area contributed by atoms with Gasteiger partial charge in [-0.15, -0.1) is 0 Å². The van der Waals surface area contributed by atoms with Crippen molar-refractivity contribution < 1.29 is 4.74 Å². The molecule has 2 aromatic rings. The molecule has 0 heterocycles. The normalized spacial score (nSPS) is 10.9. The van der Waals surface area contributed by atoms with Crippen LogP contribution in [0.15, 0.2) is 47.5 Å². The molecular formula is C15H13Cl2NO. The fraction of sp³-hybridized carbons (Fsp3) is 0.133. The quantitative estimate of drug-likeness (QED) is 0.715. The molecule has 0 aliphatic heterocycles. The van der Waals surface area contributed by atoms with E-state index in [0.29, 0.717) is 16.7 Å². The van der Waals surface area contributed by atoms with Gasteiger partial charge in [-0.1, -0.05) is 35.3 Å². The summed E-state index contributed by atoms with van der Waals surface area (Å²) in [5.41, 5.74) is 1.68. The number of halogens is 2. The topological polar surface area (TPSA) is 21.6 Å². The summed E-state index contributed by atoms with van der Waals surface area (Å²) in [6.45, 7) is 2.57. The monoisotopic (exact) mass is 293 g/mol. The molecule has 0 amide bonds. The maximum absolute atomic E-state index is 5.95. The molecule has 0 unspecified atom stereocenters. The Morgan fingerprint density at radius 1 is 1.11 bits per heavy atom. The maximum Gasteiger partial charge on any atom is 0.128 e. The van der Waals surface area contributed by atoms with Crippen LogP contribution < -0.4 is 4.74 Å². The molecule has 2 rings (SSSR count). The minimum absolute atomic E-state index is 0.495. The van der Waals surface area contributed by atoms with E-state index in [0.717, 1.165) is 17.0 Å². The summed E-state index contributed by atoms with van der Waals surface area (Å²) < 4.78 is 5.53. The Hall–Kier alpha value is -1.51. The van der Waals surface area contributed by atoms with E-state index in [4.69, 9.17) is 27.9 Å². The van der Waals surface area contributed by atoms with Crippen molar-refractivity contribution in [2.24, 2.45) is 4.99 Å². The minimum Gasteiger partial charge on any atom is -0.493 e. The van der Waals surface area contributed by atoms with Gasteiger partial charge in [-0.2, -0.15) is 0 Å². The average molecular weight is 294 g/mol. The summed E-state index contributed by atoms with van der Waals surface area (Å²) in [7, 11) is 0. The molecule has 4 heteroatoms. The maximum atomic E-state index is 5.95. The zero-order chi connectivity index (χ0) is 13.7. The molecule has 0 aromatic heterocycles. The summed E-state index contributed by atoms with van der Waals surface area (Å²) in [5, 5.41) is 1.02. The van der Waals surface area contributed by atoms with Gasteiger partial charge < -0.3 is 4.74 Å². The van der Waals surface area contributed by atoms with Crippen LogP contribution in [-0.2, 0) is 0 Å². The van der Waals surface area contributed by atoms with Crippen LogP contribution in [0.4, 0.5) is 5.69 Å². The largest absolute Gasteiger partial charge is 0.493 e. The summed E-state index contributed by atoms with van der Waals surface area (Å²) in [6.07, 6.45) is 1.75. The van der Waals surface area contributed by atoms with Crippen LogP contribution in [0.3, 0.4) is 0 Å². The molecule has 0 aliphatic rings. The van der Waals surface area contributed by atoms with Crippen molar-refractivity contribution in [3.8, 4) is 5.75 Å². The van der Waals surface area contributed by atoms with E-state index in [1.165, 1.54) is 0 Å². The lowest BCUT2D eigenvalue weighted by atomic mass is 10.2. The van der Waals surface area contributed by atoms with Gasteiger partial charge in [0.05, 0.1) is 22.3 Å². The number of benzene rings is 2. The van der Waals surface area contributed by atoms with Gasteiger partial charge >= 0.3 is 0 Å². The van der Waals surface area contributed by atoms with Gasteiger partial charge in [-0.05, 0) is 37.3 Å². The third-order valence-electron chi connectivity index (χ3n) is 2.47. The highest BCUT2D eigenvalue weighted by Gasteiger charge is 2.00. The number of hydrogen-bond donors (Lipinski definition) is 0. The van der Waals surface area contributed by atoms with Gasteiger partial charge in [0, 0.05) is 11.8 Å². The number of rotatable bonds is 4. The van der Waals surface area contributed by atoms with Crippen molar-refractivity contribution in [1.29, 1.82) is 0 Å². The van der Waals surface area contributed by atoms with Crippen LogP contribution in [-0.4, -0.2) is 12.8 Å². The summed E-state index contributed by atoms with van der Waals surface area (Å²) >= 11 is 11.8. The number of hydrogen-bond acceptors (Lipinski definition) is 2. The van der Waals surface area contributed by atoms with Crippen LogP contribution in [0.1, 0.15) is 12.5 Å². The van der Waals surface area contributed by atoms with E-state index in [-0.39, 0.29) is 0 Å². The molecule has 98 valence electrons. The second-order valence-electron chi connectivity index (χ2n) is 3.83. The van der Waals surface area contributed by atoms with Crippen molar-refractivity contribution in [1.82, 2.24) is 0 Å². The predicted octanol–water partition coefficient (Wildman–Crippen LogP) is 5.14. The fourth-order valence-electron chi connectivity index (χ4n) is 1.58. The Kier molecular flexibility index (Phi) is 4.83. The lowest BCUT2D eigenvalue weighted by molar-refractivity contribution is 0.340. The molecule has 0 radical (unpaired) electrons. The van der Waals surface area contributed by atoms with Gasteiger partial charge in [0.1, 0.15) is 5.75 Å². The first kappa shape index (κ1) is 13.9. The first-order valence-corrected chi connectivity index (χ1v) is 6.67. The number of ether oxygens (including phenoxy) is 1. The third kappa shape index (κ3) is 3.72. The van der Waals surface area contributed by atoms with Gasteiger partial charge in [0.15, 0.2) is 0 Å². The van der Waals surface area contributed by atoms with E-state index >= 15 is 0 Å². The van der Waals surface area contributed by atoms with Crippen molar-refractivity contribution in [2.45, 2.75) is 6.92 Å². The highest BCUT2D eigenvalue weighted by molar-refractivity contribution is 6.42. The SMILES string of the molecule is CCOc1ccccc1C=Nc1ccc(Cl)c(Cl)c1. The molecule has 0 aliphatic carbocycles. The Labute approximate surface area is 122 Å². The molecule has 0 atom stereocenters. The van der Waals surface area contributed by atoms with E-state index < -0.39 is 0 Å². The van der Waals surface area contributed by atoms with Crippen molar-refractivity contribution in [2.75, 3.05) is 6.61 Å². The Bertz CT molecular complexity index is 596. The lowest BCUT2D eigenvalue weighted by Gasteiger charge is -2.05. The predicted molar refractivity (Wildman–Crippen MR) is 81.3 cm³/mol. The van der Waals surface area contributed by atoms with E-state index in [1.807, 2.05) is 37.3 Å². The van der Waals surface area contributed by atoms with Crippen LogP contribution in [0, 0.1) is 0 Å². The van der Waals surface area contributed by atoms with Crippen LogP contribution >= 0.6 is 23.2 Å². The summed E-state index contributed by atoms with van der Waals surface area (Å²) in [4.78, 5) is 4.37. The van der Waals surface area contributed by atoms with Gasteiger partial charge in [-0.25, -0.2) is 0 Å². The minimum atomic E-state index is 0.495. The second-order valence-corrected chi connectivity index (χ2v) is 4.64. The van der Waals surface area contributed by atoms with E-state index in [9.17, 15) is 0 Å². The highest BCUT2D eigenvalue weighted by Crippen LogP contribution is 2.26. The molecule has 0 fully saturated rings. The smallest absolute Gasteiger partial charge is 0.128 e. The molecule has 0 N–H and O–H groups in total. The average Bonchev–Trinajstić information content (AvgIpc) is 2.42. The molecular weight excluding hydrogens is 281 g/mol. The second kappa shape index (κ2) is 6.60. The van der Waals surface area contributed by atoms with Crippen molar-refractivity contribution in [3.05, 3.63) is 58.1 Å². The van der Waals surface area contributed by atoms with E-state index in [2.05, 4.69) is 4.99 Å². The molecule has 0 bridgehead atoms. The Morgan fingerprint density at radius 2 is 1.89 bits per heavy atom. The summed E-state index contributed by atoms with van der Waals surface area (Å²) in [6, 6.07) is 13.0. The Balaban J connectivity index is 2.24.